The molecule has 1 heterocycles. The van der Waals surface area contributed by atoms with Crippen LogP contribution in [0.1, 0.15) is 6.42 Å². The Balaban J connectivity index is 2.90. The summed E-state index contributed by atoms with van der Waals surface area (Å²) in [5, 5.41) is 8.53. The molecule has 4 nitrogen and oxygen atoms in total. The van der Waals surface area contributed by atoms with Crippen molar-refractivity contribution < 1.29 is 14.8 Å². The highest BCUT2D eigenvalue weighted by Crippen LogP contribution is 2.05. The Morgan fingerprint density at radius 2 is 2.11 bits per heavy atom. The normalized spacial score (nSPS) is 19.7. The lowest BCUT2D eigenvalue weighted by Crippen LogP contribution is -2.26. The predicted octanol–water partition coefficient (Wildman–Crippen LogP) is -0.496. The molecule has 0 aromatic carbocycles. The molecule has 9 heavy (non-hydrogen) atoms. The summed E-state index contributed by atoms with van der Waals surface area (Å²) in [7, 11) is 0. The summed E-state index contributed by atoms with van der Waals surface area (Å²) in [5.74, 6) is -1.42. The monoisotopic (exact) mass is 145 g/mol. The number of hydrogen-bond acceptors (Lipinski definition) is 4. The maximum absolute atomic E-state index is 10.4. The third kappa shape index (κ3) is 0.839. The van der Waals surface area contributed by atoms with E-state index in [1.807, 2.05) is 0 Å². The van der Waals surface area contributed by atoms with Crippen molar-refractivity contribution in [3.63, 3.8) is 0 Å². The lowest BCUT2D eigenvalue weighted by Gasteiger charge is -1.98. The van der Waals surface area contributed by atoms with Crippen LogP contribution in [0.25, 0.3) is 0 Å². The fraction of sp³-hybridized carbons (Fsp3) is 0.250. The number of thiocarbonyl (C=S) groups is 1. The molecule has 0 spiro atoms. The quantitative estimate of drug-likeness (QED) is 0.284. The Bertz CT molecular complexity index is 200. The van der Waals surface area contributed by atoms with E-state index in [9.17, 15) is 9.59 Å². The number of hydroxylamine groups is 2. The third-order valence-corrected chi connectivity index (χ3v) is 1.30. The van der Waals surface area contributed by atoms with E-state index in [-0.39, 0.29) is 16.3 Å². The molecule has 0 aromatic heterocycles. The number of amides is 2. The van der Waals surface area contributed by atoms with Gasteiger partial charge < -0.3 is 0 Å². The molecule has 0 unspecified atom stereocenters. The molecule has 0 aliphatic carbocycles. The summed E-state index contributed by atoms with van der Waals surface area (Å²) < 4.78 is 0. The van der Waals surface area contributed by atoms with Crippen LogP contribution in [0, 0.1) is 0 Å². The van der Waals surface area contributed by atoms with Gasteiger partial charge in [0.15, 0.2) is 0 Å². The highest BCUT2D eigenvalue weighted by Gasteiger charge is 2.32. The molecular weight excluding hydrogens is 142 g/mol. The van der Waals surface area contributed by atoms with Crippen LogP contribution in [0.4, 0.5) is 0 Å². The molecule has 1 aliphatic heterocycles. The SMILES string of the molecule is O=C1CC(=S)C(=O)N1O. The number of imide groups is 1. The van der Waals surface area contributed by atoms with Gasteiger partial charge in [-0.1, -0.05) is 12.2 Å². The van der Waals surface area contributed by atoms with Gasteiger partial charge in [-0.25, -0.2) is 0 Å². The van der Waals surface area contributed by atoms with Crippen LogP contribution in [-0.4, -0.2) is 26.9 Å². The molecule has 2 amide bonds. The molecule has 5 heteroatoms. The first kappa shape index (κ1) is 6.31. The van der Waals surface area contributed by atoms with E-state index >= 15 is 0 Å². The number of nitrogens with zero attached hydrogens (tertiary/aromatic N) is 1. The van der Waals surface area contributed by atoms with Crippen LogP contribution in [0.15, 0.2) is 0 Å². The van der Waals surface area contributed by atoms with Crippen LogP contribution in [0.5, 0.6) is 0 Å². The van der Waals surface area contributed by atoms with Crippen molar-refractivity contribution in [3.05, 3.63) is 0 Å². The minimum absolute atomic E-state index is 0.0255. The zero-order valence-electron chi connectivity index (χ0n) is 4.33. The smallest absolute Gasteiger partial charge is 0.278 e. The molecule has 0 bridgehead atoms. The summed E-state index contributed by atoms with van der Waals surface area (Å²) in [4.78, 5) is 20.8. The van der Waals surface area contributed by atoms with Gasteiger partial charge in [-0.3, -0.25) is 14.8 Å². The molecule has 48 valence electrons. The summed E-state index contributed by atoms with van der Waals surface area (Å²) in [6, 6.07) is 0. The van der Waals surface area contributed by atoms with Crippen molar-refractivity contribution in [2.24, 2.45) is 0 Å². The van der Waals surface area contributed by atoms with E-state index in [1.54, 1.807) is 0 Å². The molecule has 0 aromatic rings. The highest BCUT2D eigenvalue weighted by molar-refractivity contribution is 7.82. The Labute approximate surface area is 56.0 Å². The second-order valence-corrected chi connectivity index (χ2v) is 2.10. The van der Waals surface area contributed by atoms with E-state index in [0.29, 0.717) is 0 Å². The molecule has 1 N–H and O–H groups in total. The van der Waals surface area contributed by atoms with Gasteiger partial charge in [0, 0.05) is 0 Å². The van der Waals surface area contributed by atoms with Crippen molar-refractivity contribution in [1.82, 2.24) is 5.06 Å². The summed E-state index contributed by atoms with van der Waals surface area (Å²) in [6.07, 6.45) is -0.134. The van der Waals surface area contributed by atoms with Crippen LogP contribution < -0.4 is 0 Å². The van der Waals surface area contributed by atoms with Crippen molar-refractivity contribution >= 4 is 28.9 Å². The van der Waals surface area contributed by atoms with Gasteiger partial charge in [0.25, 0.3) is 11.8 Å². The van der Waals surface area contributed by atoms with Gasteiger partial charge >= 0.3 is 0 Å². The first-order valence-electron chi connectivity index (χ1n) is 2.22. The van der Waals surface area contributed by atoms with Gasteiger partial charge in [-0.15, -0.1) is 0 Å². The second kappa shape index (κ2) is 1.85. The second-order valence-electron chi connectivity index (χ2n) is 1.61. The Morgan fingerprint density at radius 3 is 2.22 bits per heavy atom. The molecule has 0 saturated carbocycles. The average Bonchev–Trinajstić information content (AvgIpc) is 1.98. The molecule has 1 saturated heterocycles. The number of carbonyl (C=O) groups excluding carboxylic acids is 2. The lowest BCUT2D eigenvalue weighted by molar-refractivity contribution is -0.169. The number of carbonyl (C=O) groups is 2. The van der Waals surface area contributed by atoms with Crippen LogP contribution in [0.3, 0.4) is 0 Å². The van der Waals surface area contributed by atoms with E-state index in [0.717, 1.165) is 0 Å². The number of rotatable bonds is 0. The maximum atomic E-state index is 10.4. The standard InChI is InChI=1S/C4H3NO3S/c6-3-1-2(9)4(7)5(3)8/h8H,1H2. The molecule has 1 aliphatic rings. The first-order valence-corrected chi connectivity index (χ1v) is 2.62. The fourth-order valence-corrected chi connectivity index (χ4v) is 0.729. The summed E-state index contributed by atoms with van der Waals surface area (Å²) >= 11 is 4.42. The zero-order chi connectivity index (χ0) is 7.02. The lowest BCUT2D eigenvalue weighted by atomic mass is 10.4. The Hall–Kier alpha value is -0.810. The minimum atomic E-state index is -0.769. The largest absolute Gasteiger partial charge is 0.291 e. The summed E-state index contributed by atoms with van der Waals surface area (Å²) in [5.41, 5.74) is 0. The minimum Gasteiger partial charge on any atom is -0.278 e. The van der Waals surface area contributed by atoms with Crippen molar-refractivity contribution in [1.29, 1.82) is 0 Å². The molecule has 1 rings (SSSR count). The van der Waals surface area contributed by atoms with Crippen LogP contribution in [-0.2, 0) is 9.59 Å². The van der Waals surface area contributed by atoms with Gasteiger partial charge in [-0.2, -0.15) is 5.06 Å². The van der Waals surface area contributed by atoms with Gasteiger partial charge in [0.1, 0.15) is 0 Å². The Kier molecular flexibility index (Phi) is 1.30. The third-order valence-electron chi connectivity index (χ3n) is 0.979. The highest BCUT2D eigenvalue weighted by atomic mass is 32.1. The maximum Gasteiger partial charge on any atom is 0.291 e. The van der Waals surface area contributed by atoms with Gasteiger partial charge in [0.2, 0.25) is 0 Å². The van der Waals surface area contributed by atoms with Crippen LogP contribution >= 0.6 is 12.2 Å². The predicted molar refractivity (Wildman–Crippen MR) is 30.9 cm³/mol. The van der Waals surface area contributed by atoms with Crippen molar-refractivity contribution in [3.8, 4) is 0 Å². The van der Waals surface area contributed by atoms with E-state index < -0.39 is 11.8 Å². The molecule has 1 fully saturated rings. The molecule has 0 radical (unpaired) electrons. The molecular formula is C4H3NO3S. The van der Waals surface area contributed by atoms with Crippen molar-refractivity contribution in [2.45, 2.75) is 6.42 Å². The van der Waals surface area contributed by atoms with Gasteiger partial charge in [-0.05, 0) is 0 Å². The van der Waals surface area contributed by atoms with E-state index in [2.05, 4.69) is 12.2 Å². The van der Waals surface area contributed by atoms with E-state index in [1.165, 1.54) is 0 Å². The fourth-order valence-electron chi connectivity index (χ4n) is 0.519. The number of hydrogen-bond donors (Lipinski definition) is 1. The molecule has 0 atom stereocenters. The van der Waals surface area contributed by atoms with Gasteiger partial charge in [0.05, 0.1) is 11.3 Å². The topological polar surface area (TPSA) is 57.6 Å². The van der Waals surface area contributed by atoms with Crippen LogP contribution in [0.2, 0.25) is 0 Å². The zero-order valence-corrected chi connectivity index (χ0v) is 5.14. The van der Waals surface area contributed by atoms with Crippen molar-refractivity contribution in [2.75, 3.05) is 0 Å². The average molecular weight is 145 g/mol. The first-order chi connectivity index (χ1) is 4.13. The van der Waals surface area contributed by atoms with E-state index in [4.69, 9.17) is 5.21 Å². The Morgan fingerprint density at radius 1 is 1.56 bits per heavy atom. The summed E-state index contributed by atoms with van der Waals surface area (Å²) in [6.45, 7) is 0.